The zero-order chi connectivity index (χ0) is 19.6. The van der Waals surface area contributed by atoms with Gasteiger partial charge in [0.25, 0.3) is 0 Å². The molecule has 6 nitrogen and oxygen atoms in total. The molecule has 152 valence electrons. The number of hydrogen-bond donors (Lipinski definition) is 2. The highest BCUT2D eigenvalue weighted by atomic mass is 16.5. The predicted molar refractivity (Wildman–Crippen MR) is 113 cm³/mol. The summed E-state index contributed by atoms with van der Waals surface area (Å²) in [5.41, 5.74) is 5.70. The molecule has 0 bridgehead atoms. The van der Waals surface area contributed by atoms with Crippen LogP contribution in [-0.2, 0) is 19.3 Å². The third kappa shape index (κ3) is 3.71. The highest BCUT2D eigenvalue weighted by Crippen LogP contribution is 2.40. The Balaban J connectivity index is 1.17. The number of urea groups is 1. The van der Waals surface area contributed by atoms with E-state index in [4.69, 9.17) is 9.47 Å². The second-order valence-electron chi connectivity index (χ2n) is 7.89. The third-order valence-electron chi connectivity index (χ3n) is 6.02. The van der Waals surface area contributed by atoms with Gasteiger partial charge in [0.05, 0.1) is 13.2 Å². The fourth-order valence-electron chi connectivity index (χ4n) is 4.56. The average molecular weight is 393 g/mol. The van der Waals surface area contributed by atoms with E-state index in [1.54, 1.807) is 0 Å². The molecule has 0 atom stereocenters. The molecule has 1 saturated heterocycles. The van der Waals surface area contributed by atoms with Crippen molar-refractivity contribution >= 4 is 17.4 Å². The van der Waals surface area contributed by atoms with E-state index >= 15 is 0 Å². The standard InChI is InChI=1S/C23H27N3O3/c27-23(25-17-3-5-18(6-4-17)26-11-1-2-12-26)24-10-7-20-19-9-14-28-21(19)15-16-8-13-29-22(16)20/h3-6,15H,1-2,7-14H2,(H2,24,25,27). The Bertz CT molecular complexity index is 872. The van der Waals surface area contributed by atoms with Crippen molar-refractivity contribution in [3.05, 3.63) is 47.0 Å². The quantitative estimate of drug-likeness (QED) is 0.816. The number of fused-ring (bicyclic) bond motifs is 2. The summed E-state index contributed by atoms with van der Waals surface area (Å²) in [5, 5.41) is 5.90. The Hall–Kier alpha value is -2.89. The van der Waals surface area contributed by atoms with E-state index in [1.807, 2.05) is 12.1 Å². The first kappa shape index (κ1) is 18.2. The van der Waals surface area contributed by atoms with E-state index < -0.39 is 0 Å². The number of nitrogens with zero attached hydrogens (tertiary/aromatic N) is 1. The lowest BCUT2D eigenvalue weighted by atomic mass is 9.97. The van der Waals surface area contributed by atoms with Gasteiger partial charge in [-0.3, -0.25) is 0 Å². The van der Waals surface area contributed by atoms with Crippen LogP contribution in [0.4, 0.5) is 16.2 Å². The summed E-state index contributed by atoms with van der Waals surface area (Å²) in [6.45, 7) is 4.26. The van der Waals surface area contributed by atoms with E-state index in [0.29, 0.717) is 6.54 Å². The van der Waals surface area contributed by atoms with Crippen LogP contribution in [0.3, 0.4) is 0 Å². The second-order valence-corrected chi connectivity index (χ2v) is 7.89. The van der Waals surface area contributed by atoms with E-state index in [1.165, 1.54) is 35.2 Å². The number of ether oxygens (including phenoxy) is 2. The van der Waals surface area contributed by atoms with Gasteiger partial charge in [0.2, 0.25) is 0 Å². The number of benzene rings is 2. The van der Waals surface area contributed by atoms with Gasteiger partial charge in [0.15, 0.2) is 0 Å². The molecule has 2 aromatic carbocycles. The molecule has 5 rings (SSSR count). The maximum atomic E-state index is 12.3. The molecule has 2 aromatic rings. The summed E-state index contributed by atoms with van der Waals surface area (Å²) in [6, 6.07) is 10.0. The van der Waals surface area contributed by atoms with Gasteiger partial charge in [-0.1, -0.05) is 0 Å². The number of anilines is 2. The summed E-state index contributed by atoms with van der Waals surface area (Å²) >= 11 is 0. The van der Waals surface area contributed by atoms with Gasteiger partial charge in [0.1, 0.15) is 11.5 Å². The van der Waals surface area contributed by atoms with Crippen LogP contribution in [0.5, 0.6) is 11.5 Å². The maximum Gasteiger partial charge on any atom is 0.319 e. The van der Waals surface area contributed by atoms with Crippen molar-refractivity contribution < 1.29 is 14.3 Å². The van der Waals surface area contributed by atoms with Crippen molar-refractivity contribution in [3.63, 3.8) is 0 Å². The number of carbonyl (C=O) groups is 1. The van der Waals surface area contributed by atoms with Crippen LogP contribution in [0.25, 0.3) is 0 Å². The average Bonchev–Trinajstić information content (AvgIpc) is 3.49. The van der Waals surface area contributed by atoms with Crippen molar-refractivity contribution in [2.24, 2.45) is 0 Å². The van der Waals surface area contributed by atoms with Crippen molar-refractivity contribution in [1.29, 1.82) is 0 Å². The molecule has 3 heterocycles. The summed E-state index contributed by atoms with van der Waals surface area (Å²) < 4.78 is 11.6. The van der Waals surface area contributed by atoms with Gasteiger partial charge < -0.3 is 25.0 Å². The lowest BCUT2D eigenvalue weighted by Crippen LogP contribution is -2.30. The van der Waals surface area contributed by atoms with Crippen LogP contribution in [0.1, 0.15) is 29.5 Å². The van der Waals surface area contributed by atoms with Crippen molar-refractivity contribution in [3.8, 4) is 11.5 Å². The van der Waals surface area contributed by atoms with E-state index in [2.05, 4.69) is 33.7 Å². The minimum atomic E-state index is -0.180. The first-order chi connectivity index (χ1) is 14.3. The third-order valence-corrected chi connectivity index (χ3v) is 6.02. The molecule has 3 aliphatic heterocycles. The fourth-order valence-corrected chi connectivity index (χ4v) is 4.56. The Morgan fingerprint density at radius 1 is 1.03 bits per heavy atom. The number of hydrogen-bond acceptors (Lipinski definition) is 4. The molecule has 0 unspecified atom stereocenters. The highest BCUT2D eigenvalue weighted by Gasteiger charge is 2.26. The molecule has 2 N–H and O–H groups in total. The van der Waals surface area contributed by atoms with Gasteiger partial charge in [0, 0.05) is 60.5 Å². The molecule has 29 heavy (non-hydrogen) atoms. The predicted octanol–water partition coefficient (Wildman–Crippen LogP) is 3.52. The molecule has 2 amide bonds. The minimum absolute atomic E-state index is 0.180. The summed E-state index contributed by atoms with van der Waals surface area (Å²) in [6.07, 6.45) is 5.11. The molecular weight excluding hydrogens is 366 g/mol. The van der Waals surface area contributed by atoms with Gasteiger partial charge in [-0.15, -0.1) is 0 Å². The Morgan fingerprint density at radius 2 is 1.83 bits per heavy atom. The van der Waals surface area contributed by atoms with E-state index in [0.717, 1.165) is 62.8 Å². The zero-order valence-electron chi connectivity index (χ0n) is 16.6. The lowest BCUT2D eigenvalue weighted by molar-refractivity contribution is 0.252. The Kier molecular flexibility index (Phi) is 4.92. The van der Waals surface area contributed by atoms with Gasteiger partial charge in [-0.05, 0) is 49.6 Å². The summed E-state index contributed by atoms with van der Waals surface area (Å²) in [5.74, 6) is 2.00. The summed E-state index contributed by atoms with van der Waals surface area (Å²) in [7, 11) is 0. The molecule has 0 aliphatic carbocycles. The first-order valence-corrected chi connectivity index (χ1v) is 10.6. The van der Waals surface area contributed by atoms with Crippen LogP contribution < -0.4 is 25.0 Å². The normalized spacial score (nSPS) is 16.8. The Labute approximate surface area is 171 Å². The number of rotatable bonds is 5. The van der Waals surface area contributed by atoms with Crippen molar-refractivity contribution in [1.82, 2.24) is 5.32 Å². The lowest BCUT2D eigenvalue weighted by Gasteiger charge is -2.18. The number of nitrogens with one attached hydrogen (secondary N) is 2. The van der Waals surface area contributed by atoms with Gasteiger partial charge in [-0.25, -0.2) is 4.79 Å². The Morgan fingerprint density at radius 3 is 2.66 bits per heavy atom. The molecule has 6 heteroatoms. The summed E-state index contributed by atoms with van der Waals surface area (Å²) in [4.78, 5) is 14.7. The van der Waals surface area contributed by atoms with Crippen LogP contribution in [-0.4, -0.2) is 38.9 Å². The monoisotopic (exact) mass is 393 g/mol. The second kappa shape index (κ2) is 7.85. The molecule has 3 aliphatic rings. The molecular formula is C23H27N3O3. The molecule has 1 fully saturated rings. The molecule has 0 spiro atoms. The minimum Gasteiger partial charge on any atom is -0.493 e. The fraction of sp³-hybridized carbons (Fsp3) is 0.435. The topological polar surface area (TPSA) is 62.8 Å². The van der Waals surface area contributed by atoms with Crippen LogP contribution in [0, 0.1) is 0 Å². The molecule has 0 radical (unpaired) electrons. The zero-order valence-corrected chi connectivity index (χ0v) is 16.6. The number of amides is 2. The SMILES string of the molecule is O=C(NCCc1c2c(cc3c1OCC3)OCC2)Nc1ccc(N2CCCC2)cc1. The van der Waals surface area contributed by atoms with E-state index in [9.17, 15) is 4.79 Å². The smallest absolute Gasteiger partial charge is 0.319 e. The van der Waals surface area contributed by atoms with Crippen LogP contribution in [0.2, 0.25) is 0 Å². The van der Waals surface area contributed by atoms with Gasteiger partial charge in [-0.2, -0.15) is 0 Å². The van der Waals surface area contributed by atoms with Crippen LogP contribution >= 0.6 is 0 Å². The molecule has 0 saturated carbocycles. The molecule has 0 aromatic heterocycles. The number of carbonyl (C=O) groups excluding carboxylic acids is 1. The largest absolute Gasteiger partial charge is 0.493 e. The first-order valence-electron chi connectivity index (χ1n) is 10.6. The van der Waals surface area contributed by atoms with Gasteiger partial charge >= 0.3 is 6.03 Å². The van der Waals surface area contributed by atoms with E-state index in [-0.39, 0.29) is 6.03 Å². The van der Waals surface area contributed by atoms with Crippen molar-refractivity contribution in [2.45, 2.75) is 32.1 Å². The highest BCUT2D eigenvalue weighted by molar-refractivity contribution is 5.89. The van der Waals surface area contributed by atoms with Crippen LogP contribution in [0.15, 0.2) is 30.3 Å². The maximum absolute atomic E-state index is 12.3. The van der Waals surface area contributed by atoms with Crippen molar-refractivity contribution in [2.75, 3.05) is 43.1 Å².